The van der Waals surface area contributed by atoms with Crippen molar-refractivity contribution >= 4 is 21.7 Å². The highest BCUT2D eigenvalue weighted by Crippen LogP contribution is 2.22. The zero-order valence-electron chi connectivity index (χ0n) is 12.3. The molecule has 2 aromatic rings. The van der Waals surface area contributed by atoms with E-state index in [1.807, 2.05) is 0 Å². The number of nitrogens with one attached hydrogen (secondary N) is 1. The Balaban J connectivity index is 2.40. The minimum atomic E-state index is -4.13. The van der Waals surface area contributed by atoms with Crippen molar-refractivity contribution in [3.8, 4) is 0 Å². The van der Waals surface area contributed by atoms with Crippen LogP contribution >= 0.6 is 0 Å². The van der Waals surface area contributed by atoms with Crippen LogP contribution in [-0.4, -0.2) is 21.5 Å². The highest BCUT2D eigenvalue weighted by atomic mass is 32.2. The van der Waals surface area contributed by atoms with Gasteiger partial charge in [-0.05, 0) is 42.8 Å². The molecule has 0 heterocycles. The lowest BCUT2D eigenvalue weighted by Gasteiger charge is -2.12. The third-order valence-corrected chi connectivity index (χ3v) is 4.47. The van der Waals surface area contributed by atoms with E-state index in [9.17, 15) is 22.0 Å². The maximum absolute atomic E-state index is 13.2. The Morgan fingerprint density at radius 2 is 1.78 bits per heavy atom. The summed E-state index contributed by atoms with van der Waals surface area (Å²) in [6, 6.07) is 6.57. The Bertz CT molecular complexity index is 866. The van der Waals surface area contributed by atoms with Crippen molar-refractivity contribution in [2.24, 2.45) is 0 Å². The number of aryl methyl sites for hydroxylation is 1. The van der Waals surface area contributed by atoms with Crippen LogP contribution in [0.5, 0.6) is 0 Å². The molecule has 1 N–H and O–H groups in total. The van der Waals surface area contributed by atoms with Gasteiger partial charge in [-0.2, -0.15) is 0 Å². The van der Waals surface area contributed by atoms with E-state index in [0.29, 0.717) is 11.6 Å². The smallest absolute Gasteiger partial charge is 0.337 e. The molecule has 0 saturated carbocycles. The zero-order chi connectivity index (χ0) is 17.2. The summed E-state index contributed by atoms with van der Waals surface area (Å²) in [7, 11) is -2.93. The van der Waals surface area contributed by atoms with Crippen LogP contribution in [0, 0.1) is 18.6 Å². The summed E-state index contributed by atoms with van der Waals surface area (Å²) < 4.78 is 57.4. The predicted octanol–water partition coefficient (Wildman–Crippen LogP) is 2.86. The Hall–Kier alpha value is -2.48. The summed E-state index contributed by atoms with van der Waals surface area (Å²) in [6.45, 7) is 1.63. The molecule has 8 heteroatoms. The molecule has 0 aliphatic heterocycles. The normalized spacial score (nSPS) is 11.1. The molecule has 5 nitrogen and oxygen atoms in total. The summed E-state index contributed by atoms with van der Waals surface area (Å²) in [6.07, 6.45) is 0. The van der Waals surface area contributed by atoms with Crippen LogP contribution in [-0.2, 0) is 14.8 Å². The SMILES string of the molecule is COC(=O)c1ccc(C)c(NS(=O)(=O)c2ccc(F)c(F)c2)c1. The third kappa shape index (κ3) is 3.65. The number of ether oxygens (including phenoxy) is 1. The monoisotopic (exact) mass is 341 g/mol. The van der Waals surface area contributed by atoms with Crippen molar-refractivity contribution < 1.29 is 26.7 Å². The van der Waals surface area contributed by atoms with Crippen molar-refractivity contribution in [3.63, 3.8) is 0 Å². The van der Waals surface area contributed by atoms with E-state index in [1.165, 1.54) is 25.3 Å². The Kier molecular flexibility index (Phi) is 4.65. The molecule has 0 aliphatic rings. The number of carbonyl (C=O) groups is 1. The number of carbonyl (C=O) groups excluding carboxylic acids is 1. The molecule has 0 amide bonds. The van der Waals surface area contributed by atoms with E-state index < -0.39 is 32.5 Å². The largest absolute Gasteiger partial charge is 0.465 e. The summed E-state index contributed by atoms with van der Waals surface area (Å²) in [5, 5.41) is 0. The molecule has 122 valence electrons. The lowest BCUT2D eigenvalue weighted by atomic mass is 10.1. The van der Waals surface area contributed by atoms with Gasteiger partial charge < -0.3 is 4.74 Å². The van der Waals surface area contributed by atoms with Gasteiger partial charge in [-0.3, -0.25) is 4.72 Å². The first-order valence-corrected chi connectivity index (χ1v) is 7.90. The minimum Gasteiger partial charge on any atom is -0.465 e. The fourth-order valence-electron chi connectivity index (χ4n) is 1.82. The predicted molar refractivity (Wildman–Crippen MR) is 79.7 cm³/mol. The van der Waals surface area contributed by atoms with Gasteiger partial charge in [0.25, 0.3) is 10.0 Å². The van der Waals surface area contributed by atoms with Gasteiger partial charge in [-0.25, -0.2) is 22.0 Å². The van der Waals surface area contributed by atoms with Gasteiger partial charge >= 0.3 is 5.97 Å². The molecule has 2 rings (SSSR count). The van der Waals surface area contributed by atoms with Crippen LogP contribution in [0.2, 0.25) is 0 Å². The molecule has 0 saturated heterocycles. The maximum atomic E-state index is 13.2. The van der Waals surface area contributed by atoms with Crippen LogP contribution in [0.25, 0.3) is 0 Å². The van der Waals surface area contributed by atoms with Crippen molar-refractivity contribution in [1.29, 1.82) is 0 Å². The fraction of sp³-hybridized carbons (Fsp3) is 0.133. The number of hydrogen-bond donors (Lipinski definition) is 1. The molecular weight excluding hydrogens is 328 g/mol. The molecule has 0 aromatic heterocycles. The van der Waals surface area contributed by atoms with E-state index in [1.54, 1.807) is 6.92 Å². The molecule has 0 unspecified atom stereocenters. The second-order valence-corrected chi connectivity index (χ2v) is 6.39. The van der Waals surface area contributed by atoms with Gasteiger partial charge in [0.1, 0.15) is 0 Å². The standard InChI is InChI=1S/C15H13F2NO4S/c1-9-3-4-10(15(19)22-2)7-14(9)18-23(20,21)11-5-6-12(16)13(17)8-11/h3-8,18H,1-2H3. The van der Waals surface area contributed by atoms with Crippen LogP contribution in [0.3, 0.4) is 0 Å². The number of methoxy groups -OCH3 is 1. The van der Waals surface area contributed by atoms with Gasteiger partial charge in [-0.15, -0.1) is 0 Å². The van der Waals surface area contributed by atoms with Gasteiger partial charge in [0.15, 0.2) is 11.6 Å². The average molecular weight is 341 g/mol. The lowest BCUT2D eigenvalue weighted by Crippen LogP contribution is -2.15. The third-order valence-electron chi connectivity index (χ3n) is 3.10. The molecule has 23 heavy (non-hydrogen) atoms. The number of benzene rings is 2. The molecule has 0 fully saturated rings. The number of rotatable bonds is 4. The molecule has 0 radical (unpaired) electrons. The quantitative estimate of drug-likeness (QED) is 0.868. The van der Waals surface area contributed by atoms with Gasteiger partial charge in [-0.1, -0.05) is 6.07 Å². The second-order valence-electron chi connectivity index (χ2n) is 4.70. The van der Waals surface area contributed by atoms with Gasteiger partial charge in [0.2, 0.25) is 0 Å². The van der Waals surface area contributed by atoms with Gasteiger partial charge in [0, 0.05) is 0 Å². The van der Waals surface area contributed by atoms with Crippen molar-refractivity contribution in [1.82, 2.24) is 0 Å². The summed E-state index contributed by atoms with van der Waals surface area (Å²) in [5.74, 6) is -3.04. The Morgan fingerprint density at radius 1 is 1.09 bits per heavy atom. The highest BCUT2D eigenvalue weighted by molar-refractivity contribution is 7.92. The lowest BCUT2D eigenvalue weighted by molar-refractivity contribution is 0.0601. The van der Waals surface area contributed by atoms with Crippen molar-refractivity contribution in [2.75, 3.05) is 11.8 Å². The number of sulfonamides is 1. The molecule has 0 aliphatic carbocycles. The molecule has 0 bridgehead atoms. The average Bonchev–Trinajstić information content (AvgIpc) is 2.51. The summed E-state index contributed by atoms with van der Waals surface area (Å²) >= 11 is 0. The Labute approximate surface area is 132 Å². The summed E-state index contributed by atoms with van der Waals surface area (Å²) in [4.78, 5) is 11.1. The molecule has 0 atom stereocenters. The summed E-state index contributed by atoms with van der Waals surface area (Å²) in [5.41, 5.74) is 0.836. The highest BCUT2D eigenvalue weighted by Gasteiger charge is 2.18. The van der Waals surface area contributed by atoms with Crippen LogP contribution in [0.1, 0.15) is 15.9 Å². The van der Waals surface area contributed by atoms with Crippen LogP contribution < -0.4 is 4.72 Å². The van der Waals surface area contributed by atoms with Crippen LogP contribution in [0.4, 0.5) is 14.5 Å². The van der Waals surface area contributed by atoms with Crippen LogP contribution in [0.15, 0.2) is 41.3 Å². The Morgan fingerprint density at radius 3 is 2.39 bits per heavy atom. The van der Waals surface area contributed by atoms with Crippen molar-refractivity contribution in [3.05, 3.63) is 59.2 Å². The van der Waals surface area contributed by atoms with E-state index in [-0.39, 0.29) is 11.3 Å². The first kappa shape index (κ1) is 16.9. The van der Waals surface area contributed by atoms with E-state index in [2.05, 4.69) is 9.46 Å². The number of anilines is 1. The molecular formula is C15H13F2NO4S. The van der Waals surface area contributed by atoms with E-state index >= 15 is 0 Å². The minimum absolute atomic E-state index is 0.137. The number of esters is 1. The topological polar surface area (TPSA) is 72.5 Å². The second kappa shape index (κ2) is 6.33. The first-order chi connectivity index (χ1) is 10.7. The van der Waals surface area contributed by atoms with Gasteiger partial charge in [0.05, 0.1) is 23.3 Å². The fourth-order valence-corrected chi connectivity index (χ4v) is 2.96. The first-order valence-electron chi connectivity index (χ1n) is 6.41. The molecule has 0 spiro atoms. The maximum Gasteiger partial charge on any atom is 0.337 e. The zero-order valence-corrected chi connectivity index (χ0v) is 13.1. The molecule has 2 aromatic carbocycles. The number of hydrogen-bond acceptors (Lipinski definition) is 4. The van der Waals surface area contributed by atoms with E-state index in [4.69, 9.17) is 0 Å². The van der Waals surface area contributed by atoms with Crippen molar-refractivity contribution in [2.45, 2.75) is 11.8 Å². The van der Waals surface area contributed by atoms with E-state index in [0.717, 1.165) is 12.1 Å². The number of halogens is 2.